The van der Waals surface area contributed by atoms with E-state index in [0.717, 1.165) is 39.0 Å². The number of para-hydroxylation sites is 2. The number of hydrogen-bond donors (Lipinski definition) is 0. The molecule has 2 aliphatic carbocycles. The maximum absolute atomic E-state index is 7.36. The number of fused-ring (bicyclic) bond motifs is 12. The van der Waals surface area contributed by atoms with Crippen molar-refractivity contribution in [2.24, 2.45) is 0 Å². The summed E-state index contributed by atoms with van der Waals surface area (Å²) in [4.78, 5) is 2.41. The predicted molar refractivity (Wildman–Crippen MR) is 262 cm³/mol. The lowest BCUT2D eigenvalue weighted by Crippen LogP contribution is -2.22. The molecule has 0 N–H and O–H groups in total. The van der Waals surface area contributed by atoms with Crippen molar-refractivity contribution < 1.29 is 4.42 Å². The Morgan fingerprint density at radius 2 is 0.935 bits per heavy atom. The first kappa shape index (κ1) is 35.5. The molecule has 0 unspecified atom stereocenters. The summed E-state index contributed by atoms with van der Waals surface area (Å²) in [6, 6.07) is 71.7. The van der Waals surface area contributed by atoms with Gasteiger partial charge in [-0.15, -0.1) is 11.3 Å². The van der Waals surface area contributed by atoms with Crippen LogP contribution >= 0.6 is 11.3 Å². The minimum absolute atomic E-state index is 0.149. The van der Waals surface area contributed by atoms with Crippen LogP contribution in [0.1, 0.15) is 48.6 Å². The van der Waals surface area contributed by atoms with Crippen molar-refractivity contribution in [3.8, 4) is 33.4 Å². The molecule has 0 saturated carbocycles. The molecular weight excluding hydrogens is 771 g/mol. The number of benzene rings is 9. The van der Waals surface area contributed by atoms with E-state index in [1.165, 1.54) is 81.4 Å². The van der Waals surface area contributed by atoms with Crippen molar-refractivity contribution in [3.05, 3.63) is 222 Å². The van der Waals surface area contributed by atoms with Crippen LogP contribution in [0.15, 0.2) is 199 Å². The molecule has 294 valence electrons. The third-order valence-electron chi connectivity index (χ3n) is 14.2. The van der Waals surface area contributed by atoms with E-state index in [0.29, 0.717) is 0 Å². The third kappa shape index (κ3) is 4.80. The van der Waals surface area contributed by atoms with E-state index in [2.05, 4.69) is 220 Å². The highest BCUT2D eigenvalue weighted by Gasteiger charge is 2.42. The van der Waals surface area contributed by atoms with Crippen LogP contribution in [0.5, 0.6) is 0 Å². The zero-order valence-electron chi connectivity index (χ0n) is 34.7. The fraction of sp³-hybridized carbons (Fsp3) is 0.0847. The third-order valence-corrected chi connectivity index (χ3v) is 15.4. The second kappa shape index (κ2) is 12.9. The zero-order chi connectivity index (χ0) is 41.3. The predicted octanol–water partition coefficient (Wildman–Crippen LogP) is 16.7. The quantitative estimate of drug-likeness (QED) is 0.172. The Balaban J connectivity index is 1.02. The second-order valence-electron chi connectivity index (χ2n) is 17.7. The topological polar surface area (TPSA) is 16.4 Å². The summed E-state index contributed by atoms with van der Waals surface area (Å²) in [5.74, 6) is 0. The molecule has 0 aliphatic heterocycles. The molecule has 62 heavy (non-hydrogen) atoms. The van der Waals surface area contributed by atoms with Gasteiger partial charge in [-0.25, -0.2) is 0 Å². The average Bonchev–Trinajstić information content (AvgIpc) is 4.03. The zero-order valence-corrected chi connectivity index (χ0v) is 35.6. The smallest absolute Gasteiger partial charge is 0.159 e. The standard InChI is InChI=1S/C59H41NOS/c1-58(2)48-23-8-4-15-40(48)43-34-33-38(35-52(43)58)60(37-31-29-36(30-32-37)39-19-12-22-47-44-18-7-11-28-54(44)62-57(39)47)53-27-14-21-46-45-20-13-26-51(55(45)61-56(46)53)59(3)49-24-9-5-16-41(49)42-17-6-10-25-50(42)59/h4-35H,1-3H3. The number of hydrogen-bond acceptors (Lipinski definition) is 3. The highest BCUT2D eigenvalue weighted by Crippen LogP contribution is 2.56. The van der Waals surface area contributed by atoms with E-state index >= 15 is 0 Å². The molecule has 0 spiro atoms. The molecule has 9 aromatic carbocycles. The van der Waals surface area contributed by atoms with E-state index in [1.807, 2.05) is 11.3 Å². The van der Waals surface area contributed by atoms with Crippen LogP contribution in [-0.4, -0.2) is 0 Å². The molecular formula is C59H41NOS. The number of anilines is 3. The molecule has 0 amide bonds. The summed E-state index contributed by atoms with van der Waals surface area (Å²) in [7, 11) is 0. The van der Waals surface area contributed by atoms with Crippen LogP contribution in [0.2, 0.25) is 0 Å². The summed E-state index contributed by atoms with van der Waals surface area (Å²) in [5.41, 5.74) is 18.6. The van der Waals surface area contributed by atoms with Gasteiger partial charge in [0.2, 0.25) is 0 Å². The van der Waals surface area contributed by atoms with E-state index in [9.17, 15) is 0 Å². The van der Waals surface area contributed by atoms with E-state index in [-0.39, 0.29) is 5.41 Å². The van der Waals surface area contributed by atoms with Gasteiger partial charge >= 0.3 is 0 Å². The summed E-state index contributed by atoms with van der Waals surface area (Å²) in [6.07, 6.45) is 0. The van der Waals surface area contributed by atoms with E-state index < -0.39 is 5.41 Å². The van der Waals surface area contributed by atoms with Crippen LogP contribution in [0.25, 0.3) is 75.5 Å². The fourth-order valence-electron chi connectivity index (χ4n) is 11.1. The van der Waals surface area contributed by atoms with E-state index in [4.69, 9.17) is 4.42 Å². The minimum atomic E-state index is -0.395. The Labute approximate surface area is 365 Å². The molecule has 0 radical (unpaired) electrons. The lowest BCUT2D eigenvalue weighted by atomic mass is 9.74. The molecule has 13 rings (SSSR count). The van der Waals surface area contributed by atoms with Crippen LogP contribution in [0.3, 0.4) is 0 Å². The Morgan fingerprint density at radius 1 is 0.403 bits per heavy atom. The number of furan rings is 1. The maximum Gasteiger partial charge on any atom is 0.159 e. The first-order valence-corrected chi connectivity index (χ1v) is 22.4. The van der Waals surface area contributed by atoms with Crippen molar-refractivity contribution in [1.29, 1.82) is 0 Å². The molecule has 11 aromatic rings. The molecule has 0 fully saturated rings. The molecule has 0 atom stereocenters. The van der Waals surface area contributed by atoms with Gasteiger partial charge in [-0.3, -0.25) is 0 Å². The Morgan fingerprint density at radius 3 is 1.69 bits per heavy atom. The van der Waals surface area contributed by atoms with E-state index in [1.54, 1.807) is 0 Å². The Hall–Kier alpha value is -7.20. The lowest BCUT2D eigenvalue weighted by molar-refractivity contribution is 0.638. The number of nitrogens with zero attached hydrogens (tertiary/aromatic N) is 1. The molecule has 2 heterocycles. The SMILES string of the molecule is CC1(C)c2ccccc2-c2ccc(N(c3ccc(-c4cccc5c4sc4ccccc45)cc3)c3cccc4c3oc3c(C5(C)c6ccccc6-c6ccccc65)cccc34)cc21. The van der Waals surface area contributed by atoms with Crippen molar-refractivity contribution in [1.82, 2.24) is 0 Å². The van der Waals surface area contributed by atoms with Gasteiger partial charge in [-0.2, -0.15) is 0 Å². The van der Waals surface area contributed by atoms with Gasteiger partial charge in [0.25, 0.3) is 0 Å². The van der Waals surface area contributed by atoms with Crippen molar-refractivity contribution in [3.63, 3.8) is 0 Å². The Bertz CT molecular complexity index is 3590. The maximum atomic E-state index is 7.36. The minimum Gasteiger partial charge on any atom is -0.454 e. The van der Waals surface area contributed by atoms with Crippen LogP contribution in [0, 0.1) is 0 Å². The summed E-state index contributed by atoms with van der Waals surface area (Å²) >= 11 is 1.88. The molecule has 3 heteroatoms. The summed E-state index contributed by atoms with van der Waals surface area (Å²) < 4.78 is 10.00. The van der Waals surface area contributed by atoms with Crippen molar-refractivity contribution in [2.75, 3.05) is 4.90 Å². The Kier molecular flexibility index (Phi) is 7.40. The summed E-state index contributed by atoms with van der Waals surface area (Å²) in [6.45, 7) is 7.09. The number of thiophene rings is 1. The van der Waals surface area contributed by atoms with Gasteiger partial charge in [0.05, 0.1) is 5.69 Å². The molecule has 0 bridgehead atoms. The van der Waals surface area contributed by atoms with Gasteiger partial charge in [-0.05, 0) is 99.0 Å². The first-order valence-electron chi connectivity index (χ1n) is 21.6. The van der Waals surface area contributed by atoms with Crippen molar-refractivity contribution in [2.45, 2.75) is 31.6 Å². The lowest BCUT2D eigenvalue weighted by Gasteiger charge is -2.28. The highest BCUT2D eigenvalue weighted by atomic mass is 32.1. The van der Waals surface area contributed by atoms with Gasteiger partial charge in [0, 0.05) is 58.7 Å². The highest BCUT2D eigenvalue weighted by molar-refractivity contribution is 7.26. The fourth-order valence-corrected chi connectivity index (χ4v) is 12.4. The largest absolute Gasteiger partial charge is 0.454 e. The molecule has 0 saturated heterocycles. The van der Waals surface area contributed by atoms with Crippen molar-refractivity contribution >= 4 is 70.5 Å². The van der Waals surface area contributed by atoms with Crippen LogP contribution in [-0.2, 0) is 10.8 Å². The number of rotatable bonds is 5. The molecule has 2 nitrogen and oxygen atoms in total. The molecule has 2 aliphatic rings. The second-order valence-corrected chi connectivity index (χ2v) is 18.8. The van der Waals surface area contributed by atoms with Crippen LogP contribution in [0.4, 0.5) is 17.1 Å². The average molecular weight is 812 g/mol. The first-order chi connectivity index (χ1) is 30.4. The van der Waals surface area contributed by atoms with Crippen LogP contribution < -0.4 is 4.90 Å². The molecule has 2 aromatic heterocycles. The van der Waals surface area contributed by atoms with Gasteiger partial charge in [0.15, 0.2) is 5.58 Å². The van der Waals surface area contributed by atoms with Gasteiger partial charge in [0.1, 0.15) is 5.58 Å². The van der Waals surface area contributed by atoms with Gasteiger partial charge in [-0.1, -0.05) is 172 Å². The summed E-state index contributed by atoms with van der Waals surface area (Å²) in [5, 5.41) is 4.86. The normalized spacial score (nSPS) is 14.3. The van der Waals surface area contributed by atoms with Gasteiger partial charge < -0.3 is 9.32 Å². The monoisotopic (exact) mass is 811 g/mol.